The molecule has 2 fully saturated rings. The zero-order chi connectivity index (χ0) is 11.7. The first-order valence-corrected chi connectivity index (χ1v) is 6.57. The molecule has 1 amide bonds. The van der Waals surface area contributed by atoms with E-state index in [4.69, 9.17) is 0 Å². The summed E-state index contributed by atoms with van der Waals surface area (Å²) in [7, 11) is 4.03. The number of carbonyl (C=O) groups is 1. The molecule has 3 heteroatoms. The highest BCUT2D eigenvalue weighted by atomic mass is 16.2. The average molecular weight is 224 g/mol. The van der Waals surface area contributed by atoms with Crippen LogP contribution in [0.4, 0.5) is 0 Å². The summed E-state index contributed by atoms with van der Waals surface area (Å²) in [5.41, 5.74) is 0. The topological polar surface area (TPSA) is 32.3 Å². The van der Waals surface area contributed by atoms with E-state index in [1.807, 2.05) is 19.0 Å². The largest absolute Gasteiger partial charge is 0.343 e. The minimum Gasteiger partial charge on any atom is -0.343 e. The molecule has 0 aromatic rings. The first-order chi connectivity index (χ1) is 7.63. The Morgan fingerprint density at radius 2 is 1.81 bits per heavy atom. The average Bonchev–Trinajstić information content (AvgIpc) is 3.04. The summed E-state index contributed by atoms with van der Waals surface area (Å²) in [4.78, 5) is 14.1. The van der Waals surface area contributed by atoms with Crippen molar-refractivity contribution in [2.24, 2.45) is 11.8 Å². The molecular weight excluding hydrogens is 200 g/mol. The maximum absolute atomic E-state index is 12.1. The second-order valence-corrected chi connectivity index (χ2v) is 5.56. The van der Waals surface area contributed by atoms with Gasteiger partial charge in [-0.25, -0.2) is 0 Å². The summed E-state index contributed by atoms with van der Waals surface area (Å²) in [6.07, 6.45) is 5.84. The van der Waals surface area contributed by atoms with Crippen molar-refractivity contribution in [3.05, 3.63) is 0 Å². The van der Waals surface area contributed by atoms with Crippen molar-refractivity contribution in [3.63, 3.8) is 0 Å². The van der Waals surface area contributed by atoms with E-state index in [1.54, 1.807) is 0 Å². The van der Waals surface area contributed by atoms with Gasteiger partial charge < -0.3 is 10.2 Å². The van der Waals surface area contributed by atoms with Gasteiger partial charge in [0.2, 0.25) is 5.91 Å². The SMILES string of the molecule is CNC1CCC(N(C)C(=O)C2CC2C)CC1. The van der Waals surface area contributed by atoms with E-state index >= 15 is 0 Å². The number of nitrogens with one attached hydrogen (secondary N) is 1. The van der Waals surface area contributed by atoms with Crippen LogP contribution in [0.25, 0.3) is 0 Å². The third-order valence-electron chi connectivity index (χ3n) is 4.43. The molecule has 0 aromatic carbocycles. The molecular formula is C13H24N2O. The standard InChI is InChI=1S/C13H24N2O/c1-9-8-12(9)13(16)15(3)11-6-4-10(14-2)5-7-11/h9-12,14H,4-8H2,1-3H3. The number of hydrogen-bond acceptors (Lipinski definition) is 2. The van der Waals surface area contributed by atoms with Crippen molar-refractivity contribution in [1.29, 1.82) is 0 Å². The van der Waals surface area contributed by atoms with E-state index in [0.29, 0.717) is 29.8 Å². The Hall–Kier alpha value is -0.570. The lowest BCUT2D eigenvalue weighted by molar-refractivity contribution is -0.134. The molecule has 0 radical (unpaired) electrons. The lowest BCUT2D eigenvalue weighted by Crippen LogP contribution is -2.43. The van der Waals surface area contributed by atoms with E-state index in [2.05, 4.69) is 12.2 Å². The number of amides is 1. The van der Waals surface area contributed by atoms with E-state index in [0.717, 1.165) is 19.3 Å². The molecule has 3 nitrogen and oxygen atoms in total. The molecule has 0 spiro atoms. The molecule has 2 unspecified atom stereocenters. The number of carbonyl (C=O) groups excluding carboxylic acids is 1. The lowest BCUT2D eigenvalue weighted by atomic mass is 9.90. The Morgan fingerprint density at radius 3 is 2.25 bits per heavy atom. The molecule has 16 heavy (non-hydrogen) atoms. The molecule has 2 rings (SSSR count). The van der Waals surface area contributed by atoms with Gasteiger partial charge in [-0.3, -0.25) is 4.79 Å². The van der Waals surface area contributed by atoms with Gasteiger partial charge in [0, 0.05) is 25.0 Å². The van der Waals surface area contributed by atoms with Gasteiger partial charge in [0.1, 0.15) is 0 Å². The Labute approximate surface area is 98.6 Å². The molecule has 0 aliphatic heterocycles. The summed E-state index contributed by atoms with van der Waals surface area (Å²) in [6, 6.07) is 1.16. The first-order valence-electron chi connectivity index (χ1n) is 6.57. The lowest BCUT2D eigenvalue weighted by Gasteiger charge is -2.34. The van der Waals surface area contributed by atoms with Crippen LogP contribution >= 0.6 is 0 Å². The molecule has 1 N–H and O–H groups in total. The maximum atomic E-state index is 12.1. The van der Waals surface area contributed by atoms with E-state index < -0.39 is 0 Å². The van der Waals surface area contributed by atoms with Crippen LogP contribution in [0, 0.1) is 11.8 Å². The van der Waals surface area contributed by atoms with Crippen molar-refractivity contribution in [2.75, 3.05) is 14.1 Å². The molecule has 0 aromatic heterocycles. The molecule has 0 bridgehead atoms. The maximum Gasteiger partial charge on any atom is 0.225 e. The molecule has 2 saturated carbocycles. The minimum absolute atomic E-state index is 0.340. The minimum atomic E-state index is 0.340. The van der Waals surface area contributed by atoms with Crippen molar-refractivity contribution >= 4 is 5.91 Å². The molecule has 0 heterocycles. The molecule has 2 aliphatic rings. The first kappa shape index (κ1) is 11.9. The normalized spacial score (nSPS) is 38.2. The Balaban J connectivity index is 1.82. The molecule has 0 saturated heterocycles. The van der Waals surface area contributed by atoms with Gasteiger partial charge in [-0.2, -0.15) is 0 Å². The molecule has 2 atom stereocenters. The van der Waals surface area contributed by atoms with Crippen LogP contribution in [-0.2, 0) is 4.79 Å². The fourth-order valence-corrected chi connectivity index (χ4v) is 2.86. The second kappa shape index (κ2) is 4.74. The zero-order valence-electron chi connectivity index (χ0n) is 10.7. The predicted octanol–water partition coefficient (Wildman–Crippen LogP) is 1.63. The van der Waals surface area contributed by atoms with Gasteiger partial charge in [0.25, 0.3) is 0 Å². The smallest absolute Gasteiger partial charge is 0.225 e. The van der Waals surface area contributed by atoms with Crippen LogP contribution in [0.3, 0.4) is 0 Å². The van der Waals surface area contributed by atoms with Crippen LogP contribution in [0.1, 0.15) is 39.0 Å². The van der Waals surface area contributed by atoms with Gasteiger partial charge in [-0.05, 0) is 45.1 Å². The summed E-state index contributed by atoms with van der Waals surface area (Å²) < 4.78 is 0. The van der Waals surface area contributed by atoms with Gasteiger partial charge in [-0.15, -0.1) is 0 Å². The Kier molecular flexibility index (Phi) is 3.53. The van der Waals surface area contributed by atoms with Crippen LogP contribution in [0.5, 0.6) is 0 Å². The van der Waals surface area contributed by atoms with E-state index in [-0.39, 0.29) is 0 Å². The molecule has 2 aliphatic carbocycles. The molecule has 92 valence electrons. The quantitative estimate of drug-likeness (QED) is 0.790. The zero-order valence-corrected chi connectivity index (χ0v) is 10.7. The number of rotatable bonds is 3. The highest BCUT2D eigenvalue weighted by molar-refractivity contribution is 5.81. The van der Waals surface area contributed by atoms with Crippen molar-refractivity contribution in [1.82, 2.24) is 10.2 Å². The predicted molar refractivity (Wildman–Crippen MR) is 65.1 cm³/mol. The van der Waals surface area contributed by atoms with Gasteiger partial charge in [-0.1, -0.05) is 6.92 Å². The summed E-state index contributed by atoms with van der Waals surface area (Å²) in [6.45, 7) is 2.17. The highest BCUT2D eigenvalue weighted by Gasteiger charge is 2.42. The van der Waals surface area contributed by atoms with Gasteiger partial charge >= 0.3 is 0 Å². The Bertz CT molecular complexity index is 259. The summed E-state index contributed by atoms with van der Waals surface area (Å²) in [5.74, 6) is 1.36. The van der Waals surface area contributed by atoms with Crippen molar-refractivity contribution < 1.29 is 4.79 Å². The third kappa shape index (κ3) is 2.40. The van der Waals surface area contributed by atoms with Crippen LogP contribution < -0.4 is 5.32 Å². The second-order valence-electron chi connectivity index (χ2n) is 5.56. The van der Waals surface area contributed by atoms with E-state index in [9.17, 15) is 4.79 Å². The summed E-state index contributed by atoms with van der Waals surface area (Å²) in [5, 5.41) is 3.33. The van der Waals surface area contributed by atoms with Crippen LogP contribution in [-0.4, -0.2) is 37.0 Å². The fraction of sp³-hybridized carbons (Fsp3) is 0.923. The van der Waals surface area contributed by atoms with Gasteiger partial charge in [0.15, 0.2) is 0 Å². The highest BCUT2D eigenvalue weighted by Crippen LogP contribution is 2.40. The third-order valence-corrected chi connectivity index (χ3v) is 4.43. The Morgan fingerprint density at radius 1 is 1.25 bits per heavy atom. The fourth-order valence-electron chi connectivity index (χ4n) is 2.86. The van der Waals surface area contributed by atoms with Crippen LogP contribution in [0.15, 0.2) is 0 Å². The number of nitrogens with zero attached hydrogens (tertiary/aromatic N) is 1. The monoisotopic (exact) mass is 224 g/mol. The van der Waals surface area contributed by atoms with Crippen molar-refractivity contribution in [3.8, 4) is 0 Å². The van der Waals surface area contributed by atoms with Crippen molar-refractivity contribution in [2.45, 2.75) is 51.1 Å². The van der Waals surface area contributed by atoms with E-state index in [1.165, 1.54) is 12.8 Å². The summed E-state index contributed by atoms with van der Waals surface area (Å²) >= 11 is 0. The van der Waals surface area contributed by atoms with Crippen LogP contribution in [0.2, 0.25) is 0 Å². The number of hydrogen-bond donors (Lipinski definition) is 1. The van der Waals surface area contributed by atoms with Gasteiger partial charge in [0.05, 0.1) is 0 Å².